The van der Waals surface area contributed by atoms with Gasteiger partial charge in [0, 0.05) is 51.5 Å². The lowest BCUT2D eigenvalue weighted by molar-refractivity contribution is -0.131. The number of amides is 1. The zero-order valence-corrected chi connectivity index (χ0v) is 15.3. The third kappa shape index (κ3) is 4.31. The highest BCUT2D eigenvalue weighted by molar-refractivity contribution is 5.99. The van der Waals surface area contributed by atoms with Gasteiger partial charge in [-0.05, 0) is 0 Å². The Bertz CT molecular complexity index is 921. The number of carbonyl (C=O) groups excluding carboxylic acids is 2. The molecule has 1 saturated heterocycles. The predicted octanol–water partition coefficient (Wildman–Crippen LogP) is -1.44. The number of H-pyrrole nitrogens is 1. The fraction of sp³-hybridized carbons (Fsp3) is 0.412. The Labute approximate surface area is 160 Å². The second-order valence-electron chi connectivity index (χ2n) is 6.35. The molecule has 1 aliphatic rings. The van der Waals surface area contributed by atoms with Gasteiger partial charge < -0.3 is 26.3 Å². The number of aromatic nitrogens is 4. The SMILES string of the molecule is NCCC(=O)N1CCN(c2cnc(=O)[nH]c2CC(=O)c2nccnc2N)CC1. The lowest BCUT2D eigenvalue weighted by Gasteiger charge is -2.36. The number of nitrogen functional groups attached to an aromatic ring is 1. The molecule has 0 aliphatic carbocycles. The fourth-order valence-electron chi connectivity index (χ4n) is 3.12. The molecule has 0 atom stereocenters. The van der Waals surface area contributed by atoms with E-state index in [1.807, 2.05) is 4.90 Å². The zero-order valence-electron chi connectivity index (χ0n) is 15.3. The Morgan fingerprint density at radius 1 is 1.11 bits per heavy atom. The van der Waals surface area contributed by atoms with Gasteiger partial charge in [-0.25, -0.2) is 14.8 Å². The fourth-order valence-corrected chi connectivity index (χ4v) is 3.12. The molecular formula is C17H22N8O3. The van der Waals surface area contributed by atoms with Crippen LogP contribution in [-0.2, 0) is 11.2 Å². The van der Waals surface area contributed by atoms with E-state index in [2.05, 4.69) is 19.9 Å². The summed E-state index contributed by atoms with van der Waals surface area (Å²) in [6.45, 7) is 2.49. The van der Waals surface area contributed by atoms with Gasteiger partial charge in [-0.3, -0.25) is 9.59 Å². The molecule has 3 rings (SSSR count). The van der Waals surface area contributed by atoms with Crippen LogP contribution in [0.4, 0.5) is 11.5 Å². The number of hydrogen-bond acceptors (Lipinski definition) is 9. The largest absolute Gasteiger partial charge is 0.382 e. The highest BCUT2D eigenvalue weighted by Crippen LogP contribution is 2.20. The van der Waals surface area contributed by atoms with Gasteiger partial charge in [0.05, 0.1) is 24.0 Å². The molecule has 3 heterocycles. The minimum absolute atomic E-state index is 0.0234. The molecule has 11 nitrogen and oxygen atoms in total. The van der Waals surface area contributed by atoms with Gasteiger partial charge in [0.1, 0.15) is 5.69 Å². The smallest absolute Gasteiger partial charge is 0.345 e. The van der Waals surface area contributed by atoms with Crippen LogP contribution >= 0.6 is 0 Å². The molecule has 28 heavy (non-hydrogen) atoms. The number of carbonyl (C=O) groups is 2. The van der Waals surface area contributed by atoms with Gasteiger partial charge in [0.2, 0.25) is 5.91 Å². The number of anilines is 2. The van der Waals surface area contributed by atoms with Crippen molar-refractivity contribution in [1.29, 1.82) is 0 Å². The third-order valence-corrected chi connectivity index (χ3v) is 4.53. The number of hydrogen-bond donors (Lipinski definition) is 3. The van der Waals surface area contributed by atoms with Crippen LogP contribution in [0.2, 0.25) is 0 Å². The quantitative estimate of drug-likeness (QED) is 0.504. The highest BCUT2D eigenvalue weighted by Gasteiger charge is 2.24. The van der Waals surface area contributed by atoms with Crippen molar-refractivity contribution in [3.05, 3.63) is 40.5 Å². The first kappa shape index (κ1) is 19.4. The summed E-state index contributed by atoms with van der Waals surface area (Å²) in [7, 11) is 0. The van der Waals surface area contributed by atoms with Gasteiger partial charge in [-0.1, -0.05) is 0 Å². The van der Waals surface area contributed by atoms with Gasteiger partial charge in [-0.2, -0.15) is 4.98 Å². The van der Waals surface area contributed by atoms with Crippen LogP contribution in [0.25, 0.3) is 0 Å². The molecule has 5 N–H and O–H groups in total. The van der Waals surface area contributed by atoms with Crippen molar-refractivity contribution in [2.75, 3.05) is 43.4 Å². The topological polar surface area (TPSA) is 164 Å². The summed E-state index contributed by atoms with van der Waals surface area (Å²) >= 11 is 0. The van der Waals surface area contributed by atoms with Crippen LogP contribution in [0, 0.1) is 0 Å². The lowest BCUT2D eigenvalue weighted by Crippen LogP contribution is -2.49. The number of nitrogens with one attached hydrogen (secondary N) is 1. The average molecular weight is 386 g/mol. The number of nitrogens with two attached hydrogens (primary N) is 2. The highest BCUT2D eigenvalue weighted by atomic mass is 16.2. The Balaban J connectivity index is 1.77. The third-order valence-electron chi connectivity index (χ3n) is 4.53. The molecule has 0 bridgehead atoms. The Hall–Kier alpha value is -3.34. The van der Waals surface area contributed by atoms with Crippen molar-refractivity contribution in [3.63, 3.8) is 0 Å². The van der Waals surface area contributed by atoms with Gasteiger partial charge >= 0.3 is 5.69 Å². The molecule has 0 aromatic carbocycles. The summed E-state index contributed by atoms with van der Waals surface area (Å²) in [5, 5.41) is 0. The first-order chi connectivity index (χ1) is 13.5. The normalized spacial score (nSPS) is 14.2. The summed E-state index contributed by atoms with van der Waals surface area (Å²) in [5.74, 6) is -0.293. The molecule has 0 saturated carbocycles. The van der Waals surface area contributed by atoms with Crippen molar-refractivity contribution in [3.8, 4) is 0 Å². The van der Waals surface area contributed by atoms with Crippen molar-refractivity contribution in [1.82, 2.24) is 24.8 Å². The second kappa shape index (κ2) is 8.57. The standard InChI is InChI=1S/C17H22N8O3/c18-2-1-14(27)25-7-5-24(6-8-25)12-10-22-17(28)23-11(12)9-13(26)15-16(19)21-4-3-20-15/h3-4,10H,1-2,5-9,18H2,(H2,19,21)(H,22,23,28). The number of rotatable bonds is 6. The number of nitrogens with zero attached hydrogens (tertiary/aromatic N) is 5. The van der Waals surface area contributed by atoms with Crippen LogP contribution in [0.3, 0.4) is 0 Å². The molecule has 11 heteroatoms. The van der Waals surface area contributed by atoms with Crippen LogP contribution < -0.4 is 22.1 Å². The maximum atomic E-state index is 12.6. The summed E-state index contributed by atoms with van der Waals surface area (Å²) in [6.07, 6.45) is 4.45. The van der Waals surface area contributed by atoms with Crippen molar-refractivity contribution in [2.45, 2.75) is 12.8 Å². The summed E-state index contributed by atoms with van der Waals surface area (Å²) in [4.78, 5) is 54.3. The molecule has 2 aromatic rings. The average Bonchev–Trinajstić information content (AvgIpc) is 2.69. The lowest BCUT2D eigenvalue weighted by atomic mass is 10.1. The van der Waals surface area contributed by atoms with E-state index in [4.69, 9.17) is 11.5 Å². The predicted molar refractivity (Wildman–Crippen MR) is 102 cm³/mol. The van der Waals surface area contributed by atoms with Crippen molar-refractivity contribution < 1.29 is 9.59 Å². The van der Waals surface area contributed by atoms with E-state index in [9.17, 15) is 14.4 Å². The summed E-state index contributed by atoms with van der Waals surface area (Å²) in [6, 6.07) is 0. The zero-order chi connectivity index (χ0) is 20.1. The van der Waals surface area contributed by atoms with Crippen molar-refractivity contribution >= 4 is 23.2 Å². The second-order valence-corrected chi connectivity index (χ2v) is 6.35. The molecule has 1 aliphatic heterocycles. The summed E-state index contributed by atoms with van der Waals surface area (Å²) < 4.78 is 0. The van der Waals surface area contributed by atoms with Crippen molar-refractivity contribution in [2.24, 2.45) is 5.73 Å². The molecule has 1 amide bonds. The van der Waals surface area contributed by atoms with E-state index in [0.717, 1.165) is 0 Å². The number of ketones is 1. The van der Waals surface area contributed by atoms with Crippen LogP contribution in [0.15, 0.2) is 23.4 Å². The molecule has 1 fully saturated rings. The monoisotopic (exact) mass is 386 g/mol. The van der Waals surface area contributed by atoms with E-state index in [0.29, 0.717) is 50.5 Å². The maximum absolute atomic E-state index is 12.6. The van der Waals surface area contributed by atoms with Gasteiger partial charge in [0.15, 0.2) is 11.6 Å². The summed E-state index contributed by atoms with van der Waals surface area (Å²) in [5.41, 5.74) is 11.7. The van der Waals surface area contributed by atoms with Crippen LogP contribution in [0.5, 0.6) is 0 Å². The van der Waals surface area contributed by atoms with Gasteiger partial charge in [-0.15, -0.1) is 0 Å². The minimum Gasteiger partial charge on any atom is -0.382 e. The van der Waals surface area contributed by atoms with Crippen LogP contribution in [0.1, 0.15) is 22.6 Å². The van der Waals surface area contributed by atoms with E-state index in [1.54, 1.807) is 4.90 Å². The first-order valence-corrected chi connectivity index (χ1v) is 8.90. The molecule has 0 radical (unpaired) electrons. The van der Waals surface area contributed by atoms with Crippen LogP contribution in [-0.4, -0.2) is 69.3 Å². The Morgan fingerprint density at radius 2 is 1.82 bits per heavy atom. The Morgan fingerprint density at radius 3 is 2.50 bits per heavy atom. The first-order valence-electron chi connectivity index (χ1n) is 8.90. The molecule has 148 valence electrons. The molecule has 0 unspecified atom stereocenters. The van der Waals surface area contributed by atoms with Gasteiger partial charge in [0.25, 0.3) is 0 Å². The van der Waals surface area contributed by atoms with E-state index < -0.39 is 5.69 Å². The molecule has 0 spiro atoms. The Kier molecular flexibility index (Phi) is 5.94. The number of Topliss-reactive ketones (excluding diaryl/α,β-unsaturated/α-hetero) is 1. The van der Waals surface area contributed by atoms with E-state index >= 15 is 0 Å². The molecule has 2 aromatic heterocycles. The number of aromatic amines is 1. The minimum atomic E-state index is -0.546. The van der Waals surface area contributed by atoms with E-state index in [1.165, 1.54) is 18.6 Å². The molecular weight excluding hydrogens is 364 g/mol. The maximum Gasteiger partial charge on any atom is 0.345 e. The van der Waals surface area contributed by atoms with E-state index in [-0.39, 0.29) is 29.6 Å². The number of piperazine rings is 1.